The third-order valence-electron chi connectivity index (χ3n) is 2.36. The summed E-state index contributed by atoms with van der Waals surface area (Å²) in [5.74, 6) is 4.30. The fourth-order valence-electron chi connectivity index (χ4n) is 1.47. The molecule has 0 saturated carbocycles. The van der Waals surface area contributed by atoms with E-state index in [0.29, 0.717) is 6.07 Å². The summed E-state index contributed by atoms with van der Waals surface area (Å²) in [7, 11) is 0. The first-order valence-corrected chi connectivity index (χ1v) is 5.32. The highest BCUT2D eigenvalue weighted by molar-refractivity contribution is 5.59. The summed E-state index contributed by atoms with van der Waals surface area (Å²) in [4.78, 5) is 7.55. The maximum atomic E-state index is 13.1. The van der Waals surface area contributed by atoms with Gasteiger partial charge in [-0.2, -0.15) is 13.2 Å². The Morgan fingerprint density at radius 2 is 1.75 bits per heavy atom. The van der Waals surface area contributed by atoms with Gasteiger partial charge in [0.25, 0.3) is 0 Å². The zero-order valence-electron chi connectivity index (χ0n) is 9.87. The number of nitrogens with one attached hydrogen (secondary N) is 2. The number of hydrogen-bond donors (Lipinski definition) is 3. The predicted molar refractivity (Wildman–Crippen MR) is 64.5 cm³/mol. The minimum atomic E-state index is -4.77. The molecule has 0 aliphatic rings. The number of nitrogens with two attached hydrogens (primary N) is 1. The average Bonchev–Trinajstić information content (AvgIpc) is 2.40. The maximum absolute atomic E-state index is 13.1. The number of alkyl halides is 3. The molecule has 2 rings (SSSR count). The van der Waals surface area contributed by atoms with Crippen LogP contribution in [0.5, 0.6) is 0 Å². The maximum Gasteiger partial charge on any atom is 0.419 e. The Morgan fingerprint density at radius 1 is 1.05 bits per heavy atom. The van der Waals surface area contributed by atoms with E-state index in [-0.39, 0.29) is 17.3 Å². The summed E-state index contributed by atoms with van der Waals surface area (Å²) in [5.41, 5.74) is 0.956. The van der Waals surface area contributed by atoms with Gasteiger partial charge in [-0.1, -0.05) is 0 Å². The van der Waals surface area contributed by atoms with Crippen molar-refractivity contribution in [2.24, 2.45) is 5.84 Å². The number of hydrazine groups is 1. The molecule has 1 aromatic heterocycles. The van der Waals surface area contributed by atoms with Gasteiger partial charge in [-0.15, -0.1) is 0 Å². The SMILES string of the molecule is NNc1cc(Nc2ccc(F)c(C(F)(F)F)c2)ncn1. The van der Waals surface area contributed by atoms with Crippen molar-refractivity contribution < 1.29 is 17.6 Å². The molecule has 0 spiro atoms. The van der Waals surface area contributed by atoms with Crippen molar-refractivity contribution in [3.63, 3.8) is 0 Å². The summed E-state index contributed by atoms with van der Waals surface area (Å²) < 4.78 is 50.8. The second-order valence-corrected chi connectivity index (χ2v) is 3.75. The van der Waals surface area contributed by atoms with Crippen LogP contribution in [0.2, 0.25) is 0 Å². The molecule has 0 unspecified atom stereocenters. The molecule has 20 heavy (non-hydrogen) atoms. The fourth-order valence-corrected chi connectivity index (χ4v) is 1.47. The van der Waals surface area contributed by atoms with Crippen LogP contribution in [0.1, 0.15) is 5.56 Å². The molecular weight excluding hydrogens is 278 g/mol. The zero-order valence-corrected chi connectivity index (χ0v) is 9.87. The topological polar surface area (TPSA) is 75.9 Å². The number of hydrogen-bond acceptors (Lipinski definition) is 5. The van der Waals surface area contributed by atoms with Crippen molar-refractivity contribution in [2.75, 3.05) is 10.7 Å². The number of benzene rings is 1. The number of nitrogens with zero attached hydrogens (tertiary/aromatic N) is 2. The van der Waals surface area contributed by atoms with Crippen LogP contribution in [-0.4, -0.2) is 9.97 Å². The zero-order chi connectivity index (χ0) is 14.8. The summed E-state index contributed by atoms with van der Waals surface area (Å²) >= 11 is 0. The van der Waals surface area contributed by atoms with Crippen LogP contribution in [-0.2, 0) is 6.18 Å². The van der Waals surface area contributed by atoms with Gasteiger partial charge in [0.2, 0.25) is 0 Å². The Morgan fingerprint density at radius 3 is 2.40 bits per heavy atom. The Hall–Kier alpha value is -2.42. The Bertz CT molecular complexity index is 614. The lowest BCUT2D eigenvalue weighted by atomic mass is 10.2. The molecule has 0 fully saturated rings. The third kappa shape index (κ3) is 3.12. The summed E-state index contributed by atoms with van der Waals surface area (Å²) in [6, 6.07) is 3.94. The highest BCUT2D eigenvalue weighted by Gasteiger charge is 2.34. The van der Waals surface area contributed by atoms with Crippen LogP contribution in [0.25, 0.3) is 0 Å². The molecule has 106 valence electrons. The van der Waals surface area contributed by atoms with Gasteiger partial charge in [0, 0.05) is 11.8 Å². The lowest BCUT2D eigenvalue weighted by molar-refractivity contribution is -0.139. The molecule has 0 aliphatic carbocycles. The van der Waals surface area contributed by atoms with E-state index < -0.39 is 17.6 Å². The van der Waals surface area contributed by atoms with Crippen LogP contribution >= 0.6 is 0 Å². The number of aromatic nitrogens is 2. The number of rotatable bonds is 3. The van der Waals surface area contributed by atoms with Gasteiger partial charge in [0.1, 0.15) is 23.8 Å². The van der Waals surface area contributed by atoms with Gasteiger partial charge in [0.15, 0.2) is 0 Å². The lowest BCUT2D eigenvalue weighted by Gasteiger charge is -2.11. The fraction of sp³-hybridized carbons (Fsp3) is 0.0909. The molecule has 9 heteroatoms. The van der Waals surface area contributed by atoms with Gasteiger partial charge < -0.3 is 10.7 Å². The largest absolute Gasteiger partial charge is 0.419 e. The minimum absolute atomic E-state index is 0.0420. The van der Waals surface area contributed by atoms with Crippen molar-refractivity contribution in [2.45, 2.75) is 6.18 Å². The first kappa shape index (κ1) is 14.0. The third-order valence-corrected chi connectivity index (χ3v) is 2.36. The first-order chi connectivity index (χ1) is 9.40. The van der Waals surface area contributed by atoms with E-state index in [4.69, 9.17) is 5.84 Å². The van der Waals surface area contributed by atoms with Crippen LogP contribution in [0.15, 0.2) is 30.6 Å². The van der Waals surface area contributed by atoms with Crippen LogP contribution in [0, 0.1) is 5.82 Å². The van der Waals surface area contributed by atoms with Crippen molar-refractivity contribution in [1.29, 1.82) is 0 Å². The Balaban J connectivity index is 2.30. The lowest BCUT2D eigenvalue weighted by Crippen LogP contribution is -2.10. The average molecular weight is 287 g/mol. The molecule has 4 N–H and O–H groups in total. The monoisotopic (exact) mass is 287 g/mol. The highest BCUT2D eigenvalue weighted by Crippen LogP contribution is 2.33. The molecule has 2 aromatic rings. The number of anilines is 3. The number of halogens is 4. The highest BCUT2D eigenvalue weighted by atomic mass is 19.4. The van der Waals surface area contributed by atoms with Gasteiger partial charge >= 0.3 is 6.18 Å². The molecule has 0 bridgehead atoms. The Kier molecular flexibility index (Phi) is 3.70. The smallest absolute Gasteiger partial charge is 0.340 e. The minimum Gasteiger partial charge on any atom is -0.340 e. The molecule has 0 aliphatic heterocycles. The second-order valence-electron chi connectivity index (χ2n) is 3.75. The second kappa shape index (κ2) is 5.29. The first-order valence-electron chi connectivity index (χ1n) is 5.32. The normalized spacial score (nSPS) is 11.2. The summed E-state index contributed by atoms with van der Waals surface area (Å²) in [5, 5.41) is 2.60. The van der Waals surface area contributed by atoms with Crippen LogP contribution in [0.4, 0.5) is 34.9 Å². The predicted octanol–water partition coefficient (Wildman–Crippen LogP) is 2.66. The van der Waals surface area contributed by atoms with E-state index in [1.165, 1.54) is 18.5 Å². The number of nitrogen functional groups attached to an aromatic ring is 1. The van der Waals surface area contributed by atoms with E-state index in [9.17, 15) is 17.6 Å². The van der Waals surface area contributed by atoms with Crippen molar-refractivity contribution in [3.8, 4) is 0 Å². The van der Waals surface area contributed by atoms with Gasteiger partial charge in [-0.3, -0.25) is 0 Å². The molecule has 1 aromatic carbocycles. The van der Waals surface area contributed by atoms with Crippen molar-refractivity contribution >= 4 is 17.3 Å². The molecular formula is C11H9F4N5. The molecule has 5 nitrogen and oxygen atoms in total. The molecule has 0 radical (unpaired) electrons. The van der Waals surface area contributed by atoms with E-state index in [1.807, 2.05) is 0 Å². The molecule has 0 amide bonds. The van der Waals surface area contributed by atoms with Crippen LogP contribution < -0.4 is 16.6 Å². The molecule has 1 heterocycles. The molecule has 0 atom stereocenters. The van der Waals surface area contributed by atoms with Gasteiger partial charge in [-0.25, -0.2) is 20.2 Å². The van der Waals surface area contributed by atoms with Crippen LogP contribution in [0.3, 0.4) is 0 Å². The quantitative estimate of drug-likeness (QED) is 0.459. The van der Waals surface area contributed by atoms with Crippen molar-refractivity contribution in [3.05, 3.63) is 42.0 Å². The van der Waals surface area contributed by atoms with E-state index in [2.05, 4.69) is 20.7 Å². The van der Waals surface area contributed by atoms with Gasteiger partial charge in [-0.05, 0) is 18.2 Å². The van der Waals surface area contributed by atoms with E-state index >= 15 is 0 Å². The Labute approximate surface area is 110 Å². The van der Waals surface area contributed by atoms with E-state index in [1.54, 1.807) is 0 Å². The molecule has 0 saturated heterocycles. The standard InChI is InChI=1S/C11H9F4N5/c12-8-2-1-6(3-7(8)11(13,14)15)19-9-4-10(20-16)18-5-17-9/h1-5H,16H2,(H2,17,18,19,20). The summed E-state index contributed by atoms with van der Waals surface area (Å²) in [6.07, 6.45) is -3.59. The summed E-state index contributed by atoms with van der Waals surface area (Å²) in [6.45, 7) is 0. The van der Waals surface area contributed by atoms with Crippen molar-refractivity contribution in [1.82, 2.24) is 9.97 Å². The van der Waals surface area contributed by atoms with Gasteiger partial charge in [0.05, 0.1) is 5.56 Å². The van der Waals surface area contributed by atoms with E-state index in [0.717, 1.165) is 6.07 Å².